The molecule has 15 heavy (non-hydrogen) atoms. The molecule has 0 aromatic rings. The smallest absolute Gasteiger partial charge is 0.356 e. The van der Waals surface area contributed by atoms with Gasteiger partial charge in [0, 0.05) is 6.20 Å². The highest BCUT2D eigenvalue weighted by molar-refractivity contribution is 6.38. The van der Waals surface area contributed by atoms with Crippen LogP contribution in [0.4, 0.5) is 0 Å². The lowest BCUT2D eigenvalue weighted by Gasteiger charge is -2.29. The normalized spacial score (nSPS) is 24.0. The standard InChI is InChI=1S/C9H9N3O3/c1-5-2-3-12-6(4-5)10-11-7(8(12)13)9(14)15/h2-4,8,13H,1H3,(H,14,15)/t8-/m0/s1. The minimum Gasteiger partial charge on any atom is -0.477 e. The third kappa shape index (κ3) is 1.55. The third-order valence-electron chi connectivity index (χ3n) is 2.11. The molecule has 78 valence electrons. The van der Waals surface area contributed by atoms with Crippen LogP contribution in [0.25, 0.3) is 0 Å². The zero-order valence-electron chi connectivity index (χ0n) is 7.95. The van der Waals surface area contributed by atoms with E-state index < -0.39 is 12.2 Å². The van der Waals surface area contributed by atoms with Gasteiger partial charge in [0.05, 0.1) is 0 Å². The number of hydrogen-bond acceptors (Lipinski definition) is 5. The van der Waals surface area contributed by atoms with Gasteiger partial charge < -0.3 is 10.2 Å². The van der Waals surface area contributed by atoms with Crippen molar-refractivity contribution in [3.8, 4) is 0 Å². The minimum atomic E-state index is -1.28. The maximum Gasteiger partial charge on any atom is 0.356 e. The molecule has 2 rings (SSSR count). The highest BCUT2D eigenvalue weighted by Crippen LogP contribution is 2.16. The topological polar surface area (TPSA) is 85.5 Å². The Morgan fingerprint density at radius 1 is 1.53 bits per heavy atom. The summed E-state index contributed by atoms with van der Waals surface area (Å²) in [6.07, 6.45) is 3.77. The number of aliphatic hydroxyl groups is 1. The van der Waals surface area contributed by atoms with Crippen LogP contribution in [0.2, 0.25) is 0 Å². The molecule has 2 aliphatic heterocycles. The van der Waals surface area contributed by atoms with Gasteiger partial charge in [-0.2, -0.15) is 0 Å². The van der Waals surface area contributed by atoms with Gasteiger partial charge in [0.15, 0.2) is 17.8 Å². The van der Waals surface area contributed by atoms with Crippen LogP contribution >= 0.6 is 0 Å². The van der Waals surface area contributed by atoms with E-state index >= 15 is 0 Å². The summed E-state index contributed by atoms with van der Waals surface area (Å²) in [5.41, 5.74) is 0.586. The van der Waals surface area contributed by atoms with Gasteiger partial charge in [-0.3, -0.25) is 4.90 Å². The summed E-state index contributed by atoms with van der Waals surface area (Å²) in [6, 6.07) is 0. The van der Waals surface area contributed by atoms with E-state index in [1.54, 1.807) is 18.4 Å². The van der Waals surface area contributed by atoms with Crippen molar-refractivity contribution in [1.29, 1.82) is 0 Å². The lowest BCUT2D eigenvalue weighted by Crippen LogP contribution is -2.46. The molecular weight excluding hydrogens is 198 g/mol. The summed E-state index contributed by atoms with van der Waals surface area (Å²) >= 11 is 0. The van der Waals surface area contributed by atoms with E-state index in [4.69, 9.17) is 5.11 Å². The van der Waals surface area contributed by atoms with Crippen LogP contribution in [0.15, 0.2) is 34.1 Å². The second kappa shape index (κ2) is 3.32. The molecular formula is C9H9N3O3. The van der Waals surface area contributed by atoms with Crippen molar-refractivity contribution in [3.05, 3.63) is 23.9 Å². The first kappa shape index (κ1) is 9.60. The molecule has 0 saturated carbocycles. The summed E-state index contributed by atoms with van der Waals surface area (Å²) in [6.45, 7) is 1.87. The molecule has 6 nitrogen and oxygen atoms in total. The summed E-state index contributed by atoms with van der Waals surface area (Å²) in [5.74, 6) is -0.836. The summed E-state index contributed by atoms with van der Waals surface area (Å²) in [5, 5.41) is 25.6. The summed E-state index contributed by atoms with van der Waals surface area (Å²) < 4.78 is 0. The number of aliphatic carboxylic acids is 1. The number of carbonyl (C=O) groups is 1. The number of carboxylic acids is 1. The number of rotatable bonds is 1. The number of carboxylic acid groups (broad SMARTS) is 1. The fraction of sp³-hybridized carbons (Fsp3) is 0.222. The molecule has 0 aromatic carbocycles. The third-order valence-corrected chi connectivity index (χ3v) is 2.11. The van der Waals surface area contributed by atoms with Crippen molar-refractivity contribution in [1.82, 2.24) is 4.90 Å². The SMILES string of the molecule is CC1=CC2=NN=C(C(=O)O)[C@H](O)N2C=C1. The van der Waals surface area contributed by atoms with E-state index in [1.807, 2.05) is 6.92 Å². The summed E-state index contributed by atoms with van der Waals surface area (Å²) in [7, 11) is 0. The Morgan fingerprint density at radius 2 is 2.27 bits per heavy atom. The molecule has 1 atom stereocenters. The number of fused-ring (bicyclic) bond motifs is 1. The van der Waals surface area contributed by atoms with Crippen molar-refractivity contribution in [2.45, 2.75) is 13.2 Å². The molecule has 6 heteroatoms. The van der Waals surface area contributed by atoms with E-state index in [0.29, 0.717) is 5.84 Å². The van der Waals surface area contributed by atoms with Crippen molar-refractivity contribution < 1.29 is 15.0 Å². The fourth-order valence-electron chi connectivity index (χ4n) is 1.33. The number of aliphatic hydroxyl groups excluding tert-OH is 1. The second-order valence-corrected chi connectivity index (χ2v) is 3.23. The molecule has 0 radical (unpaired) electrons. The maximum atomic E-state index is 10.7. The van der Waals surface area contributed by atoms with Crippen LogP contribution in [0.1, 0.15) is 6.92 Å². The Hall–Kier alpha value is -1.95. The lowest BCUT2D eigenvalue weighted by molar-refractivity contribution is -0.130. The number of hydrogen-bond donors (Lipinski definition) is 2. The van der Waals surface area contributed by atoms with Crippen LogP contribution in [-0.4, -0.2) is 38.9 Å². The molecule has 2 N–H and O–H groups in total. The zero-order chi connectivity index (χ0) is 11.0. The highest BCUT2D eigenvalue weighted by Gasteiger charge is 2.31. The average molecular weight is 207 g/mol. The first-order valence-corrected chi connectivity index (χ1v) is 4.31. The monoisotopic (exact) mass is 207 g/mol. The molecule has 0 spiro atoms. The van der Waals surface area contributed by atoms with Crippen molar-refractivity contribution in [2.24, 2.45) is 10.2 Å². The Morgan fingerprint density at radius 3 is 2.93 bits per heavy atom. The first-order valence-electron chi connectivity index (χ1n) is 4.31. The second-order valence-electron chi connectivity index (χ2n) is 3.23. The van der Waals surface area contributed by atoms with Gasteiger partial charge in [-0.25, -0.2) is 4.79 Å². The van der Waals surface area contributed by atoms with Gasteiger partial charge in [-0.15, -0.1) is 10.2 Å². The van der Waals surface area contributed by atoms with Crippen LogP contribution in [0, 0.1) is 0 Å². The minimum absolute atomic E-state index is 0.378. The molecule has 0 fully saturated rings. The van der Waals surface area contributed by atoms with Crippen LogP contribution in [0.5, 0.6) is 0 Å². The van der Waals surface area contributed by atoms with Crippen molar-refractivity contribution in [3.63, 3.8) is 0 Å². The van der Waals surface area contributed by atoms with Crippen molar-refractivity contribution >= 4 is 17.5 Å². The molecule has 0 amide bonds. The Bertz CT molecular complexity index is 434. The van der Waals surface area contributed by atoms with E-state index in [9.17, 15) is 9.90 Å². The molecule has 0 aliphatic carbocycles. The zero-order valence-corrected chi connectivity index (χ0v) is 7.95. The Kier molecular flexibility index (Phi) is 2.12. The molecule has 2 aliphatic rings. The van der Waals surface area contributed by atoms with Gasteiger partial charge in [-0.1, -0.05) is 0 Å². The predicted octanol–water partition coefficient (Wildman–Crippen LogP) is -0.0669. The molecule has 2 heterocycles. The number of allylic oxidation sites excluding steroid dienone is 2. The van der Waals surface area contributed by atoms with E-state index in [2.05, 4.69) is 10.2 Å². The van der Waals surface area contributed by atoms with Crippen molar-refractivity contribution in [2.75, 3.05) is 0 Å². The molecule has 0 unspecified atom stereocenters. The predicted molar refractivity (Wildman–Crippen MR) is 53.2 cm³/mol. The van der Waals surface area contributed by atoms with Crippen LogP contribution < -0.4 is 0 Å². The maximum absolute atomic E-state index is 10.7. The average Bonchev–Trinajstić information content (AvgIpc) is 2.17. The van der Waals surface area contributed by atoms with Gasteiger partial charge in [0.1, 0.15) is 0 Å². The number of amidine groups is 1. The van der Waals surface area contributed by atoms with E-state index in [-0.39, 0.29) is 5.71 Å². The van der Waals surface area contributed by atoms with E-state index in [0.717, 1.165) is 5.57 Å². The molecule has 0 aromatic heterocycles. The Labute approximate surface area is 85.5 Å². The largest absolute Gasteiger partial charge is 0.477 e. The first-order chi connectivity index (χ1) is 7.09. The van der Waals surface area contributed by atoms with Crippen LogP contribution in [0.3, 0.4) is 0 Å². The fourth-order valence-corrected chi connectivity index (χ4v) is 1.33. The van der Waals surface area contributed by atoms with Crippen LogP contribution in [-0.2, 0) is 4.79 Å². The molecule has 0 saturated heterocycles. The van der Waals surface area contributed by atoms with E-state index in [1.165, 1.54) is 4.90 Å². The number of nitrogens with zero attached hydrogens (tertiary/aromatic N) is 3. The summed E-state index contributed by atoms with van der Waals surface area (Å²) in [4.78, 5) is 12.0. The molecule has 0 bridgehead atoms. The van der Waals surface area contributed by atoms with Gasteiger partial charge >= 0.3 is 5.97 Å². The van der Waals surface area contributed by atoms with Gasteiger partial charge in [-0.05, 0) is 24.6 Å². The quantitative estimate of drug-likeness (QED) is 0.630. The lowest BCUT2D eigenvalue weighted by atomic mass is 10.1. The van der Waals surface area contributed by atoms with Gasteiger partial charge in [0.2, 0.25) is 0 Å². The Balaban J connectivity index is 2.40. The van der Waals surface area contributed by atoms with Gasteiger partial charge in [0.25, 0.3) is 0 Å². The highest BCUT2D eigenvalue weighted by atomic mass is 16.4.